The summed E-state index contributed by atoms with van der Waals surface area (Å²) in [7, 11) is -3.57. The number of hydrogen-bond acceptors (Lipinski definition) is 7. The fourth-order valence-electron chi connectivity index (χ4n) is 2.47. The summed E-state index contributed by atoms with van der Waals surface area (Å²) in [6.45, 7) is 2.12. The molecular formula is C17H16FN3O5S. The van der Waals surface area contributed by atoms with E-state index in [0.717, 1.165) is 6.26 Å². The van der Waals surface area contributed by atoms with Crippen LogP contribution in [0.5, 0.6) is 0 Å². The van der Waals surface area contributed by atoms with Crippen molar-refractivity contribution >= 4 is 9.84 Å². The molecule has 0 atom stereocenters. The van der Waals surface area contributed by atoms with Crippen LogP contribution in [-0.2, 0) is 21.3 Å². The summed E-state index contributed by atoms with van der Waals surface area (Å²) in [6, 6.07) is 5.34. The lowest BCUT2D eigenvalue weighted by Crippen LogP contribution is -2.06. The molecule has 0 N–H and O–H groups in total. The summed E-state index contributed by atoms with van der Waals surface area (Å²) in [5.74, 6) is -0.445. The number of nitrogens with zero attached hydrogens (tertiary/aromatic N) is 3. The lowest BCUT2D eigenvalue weighted by molar-refractivity contribution is 0.0315. The van der Waals surface area contributed by atoms with Gasteiger partial charge in [0.15, 0.2) is 6.73 Å². The molecule has 3 rings (SSSR count). The molecule has 0 radical (unpaired) electrons. The fraction of sp³-hybridized carbons (Fsp3) is 0.235. The molecule has 142 valence electrons. The van der Waals surface area contributed by atoms with Gasteiger partial charge in [-0.2, -0.15) is 4.74 Å². The van der Waals surface area contributed by atoms with Gasteiger partial charge in [-0.1, -0.05) is 12.1 Å². The normalized spacial score (nSPS) is 11.7. The molecule has 0 aliphatic heterocycles. The molecule has 0 amide bonds. The largest absolute Gasteiger partial charge is 0.366 e. The Morgan fingerprint density at radius 1 is 1.15 bits per heavy atom. The van der Waals surface area contributed by atoms with E-state index >= 15 is 0 Å². The van der Waals surface area contributed by atoms with E-state index in [1.807, 2.05) is 0 Å². The quantitative estimate of drug-likeness (QED) is 0.591. The van der Waals surface area contributed by atoms with Crippen molar-refractivity contribution in [3.8, 4) is 22.4 Å². The minimum absolute atomic E-state index is 0.0455. The van der Waals surface area contributed by atoms with Crippen LogP contribution in [0.2, 0.25) is 0 Å². The molecule has 27 heavy (non-hydrogen) atoms. The van der Waals surface area contributed by atoms with E-state index in [0.29, 0.717) is 23.4 Å². The molecule has 2 heterocycles. The Hall–Kier alpha value is -2.85. The van der Waals surface area contributed by atoms with Gasteiger partial charge in [0.1, 0.15) is 11.5 Å². The van der Waals surface area contributed by atoms with Gasteiger partial charge in [0.25, 0.3) is 0 Å². The predicted octanol–water partition coefficient (Wildman–Crippen LogP) is 2.10. The van der Waals surface area contributed by atoms with Crippen LogP contribution in [0, 0.1) is 5.82 Å². The zero-order valence-electron chi connectivity index (χ0n) is 14.5. The first-order valence-electron chi connectivity index (χ1n) is 7.91. The van der Waals surface area contributed by atoms with Gasteiger partial charge in [-0.3, -0.25) is 0 Å². The molecule has 0 bridgehead atoms. The van der Waals surface area contributed by atoms with E-state index in [1.165, 1.54) is 41.4 Å². The van der Waals surface area contributed by atoms with Crippen LogP contribution in [0.3, 0.4) is 0 Å². The third kappa shape index (κ3) is 3.96. The van der Waals surface area contributed by atoms with Crippen molar-refractivity contribution in [2.75, 3.05) is 12.9 Å². The van der Waals surface area contributed by atoms with Crippen LogP contribution in [0.15, 0.2) is 51.1 Å². The van der Waals surface area contributed by atoms with Crippen molar-refractivity contribution in [3.05, 3.63) is 52.9 Å². The van der Waals surface area contributed by atoms with Gasteiger partial charge >= 0.3 is 5.63 Å². The number of sulfone groups is 1. The Bertz CT molecular complexity index is 1100. The first kappa shape index (κ1) is 18.9. The maximum Gasteiger partial charge on any atom is 0.366 e. The highest BCUT2D eigenvalue weighted by molar-refractivity contribution is 7.90. The fourth-order valence-corrected chi connectivity index (χ4v) is 2.96. The van der Waals surface area contributed by atoms with Crippen molar-refractivity contribution in [1.82, 2.24) is 14.7 Å². The average Bonchev–Trinajstić information content (AvgIpc) is 2.96. The highest BCUT2D eigenvalue weighted by atomic mass is 32.2. The molecule has 8 nitrogen and oxygen atoms in total. The standard InChI is InChI=1S/C17H16FN3O5S/c1-3-25-10-21-15(12-8-19-17(20-9-12)27(2,23)24)14(16(22)26-21)11-4-6-13(18)7-5-11/h4-9H,3,10H2,1-2H3. The number of rotatable bonds is 6. The first-order valence-corrected chi connectivity index (χ1v) is 9.80. The van der Waals surface area contributed by atoms with Gasteiger partial charge in [-0.15, -0.1) is 0 Å². The number of halogens is 1. The van der Waals surface area contributed by atoms with E-state index in [9.17, 15) is 17.6 Å². The monoisotopic (exact) mass is 393 g/mol. The van der Waals surface area contributed by atoms with Crippen LogP contribution < -0.4 is 5.63 Å². The molecule has 0 saturated carbocycles. The van der Waals surface area contributed by atoms with Crippen LogP contribution in [-0.4, -0.2) is 36.0 Å². The zero-order chi connectivity index (χ0) is 19.6. The van der Waals surface area contributed by atoms with Gasteiger partial charge in [0.2, 0.25) is 15.0 Å². The number of aromatic nitrogens is 3. The average molecular weight is 393 g/mol. The number of hydrogen-bond donors (Lipinski definition) is 0. The SMILES string of the molecule is CCOCn1oc(=O)c(-c2ccc(F)cc2)c1-c1cnc(S(C)(=O)=O)nc1. The Labute approximate surface area is 154 Å². The van der Waals surface area contributed by atoms with Gasteiger partial charge in [-0.25, -0.2) is 27.6 Å². The minimum Gasteiger partial charge on any atom is -0.358 e. The Morgan fingerprint density at radius 2 is 1.78 bits per heavy atom. The number of ether oxygens (including phenoxy) is 1. The summed E-state index contributed by atoms with van der Waals surface area (Å²) in [5, 5.41) is -0.336. The van der Waals surface area contributed by atoms with E-state index < -0.39 is 21.3 Å². The van der Waals surface area contributed by atoms with Crippen molar-refractivity contribution in [2.45, 2.75) is 18.8 Å². The molecule has 0 aliphatic rings. The van der Waals surface area contributed by atoms with Gasteiger partial charge in [0.05, 0.1) is 5.56 Å². The Balaban J connectivity index is 2.19. The van der Waals surface area contributed by atoms with Gasteiger partial charge in [-0.05, 0) is 24.6 Å². The van der Waals surface area contributed by atoms with Gasteiger partial charge in [0, 0.05) is 30.8 Å². The summed E-state index contributed by atoms with van der Waals surface area (Å²) < 4.78 is 48.2. The van der Waals surface area contributed by atoms with E-state index in [-0.39, 0.29) is 17.5 Å². The molecule has 1 aromatic carbocycles. The lowest BCUT2D eigenvalue weighted by Gasteiger charge is -2.08. The third-order valence-electron chi connectivity index (χ3n) is 3.66. The zero-order valence-corrected chi connectivity index (χ0v) is 15.4. The van der Waals surface area contributed by atoms with Crippen LogP contribution in [0.25, 0.3) is 22.4 Å². The van der Waals surface area contributed by atoms with Crippen molar-refractivity contribution in [1.29, 1.82) is 0 Å². The lowest BCUT2D eigenvalue weighted by atomic mass is 10.0. The van der Waals surface area contributed by atoms with Crippen molar-refractivity contribution in [2.24, 2.45) is 0 Å². The third-order valence-corrected chi connectivity index (χ3v) is 4.54. The molecule has 0 spiro atoms. The van der Waals surface area contributed by atoms with Crippen LogP contribution in [0.4, 0.5) is 4.39 Å². The topological polar surface area (TPSA) is 104 Å². The summed E-state index contributed by atoms with van der Waals surface area (Å²) >= 11 is 0. The molecule has 2 aromatic heterocycles. The molecule has 0 unspecified atom stereocenters. The smallest absolute Gasteiger partial charge is 0.358 e. The Kier molecular flexibility index (Phi) is 5.19. The van der Waals surface area contributed by atoms with Crippen molar-refractivity contribution < 1.29 is 22.1 Å². The van der Waals surface area contributed by atoms with E-state index in [1.54, 1.807) is 6.92 Å². The second-order valence-corrected chi connectivity index (χ2v) is 7.55. The van der Waals surface area contributed by atoms with Crippen molar-refractivity contribution in [3.63, 3.8) is 0 Å². The second-order valence-electron chi connectivity index (χ2n) is 5.64. The van der Waals surface area contributed by atoms with Gasteiger partial charge < -0.3 is 9.26 Å². The second kappa shape index (κ2) is 7.41. The first-order chi connectivity index (χ1) is 12.8. The highest BCUT2D eigenvalue weighted by Gasteiger charge is 2.22. The summed E-state index contributed by atoms with van der Waals surface area (Å²) in [4.78, 5) is 20.1. The molecule has 0 aliphatic carbocycles. The Morgan fingerprint density at radius 3 is 2.33 bits per heavy atom. The maximum atomic E-state index is 13.3. The predicted molar refractivity (Wildman–Crippen MR) is 94.1 cm³/mol. The molecular weight excluding hydrogens is 377 g/mol. The molecule has 0 fully saturated rings. The molecule has 10 heteroatoms. The molecule has 3 aromatic rings. The van der Waals surface area contributed by atoms with Crippen LogP contribution >= 0.6 is 0 Å². The van der Waals surface area contributed by atoms with Crippen LogP contribution in [0.1, 0.15) is 6.92 Å². The molecule has 0 saturated heterocycles. The van der Waals surface area contributed by atoms with E-state index in [4.69, 9.17) is 9.26 Å². The summed E-state index contributed by atoms with van der Waals surface area (Å²) in [5.41, 5.74) is 0.615. The number of benzene rings is 1. The highest BCUT2D eigenvalue weighted by Crippen LogP contribution is 2.30. The summed E-state index contributed by atoms with van der Waals surface area (Å²) in [6.07, 6.45) is 3.56. The minimum atomic E-state index is -3.57. The maximum absolute atomic E-state index is 13.3. The van der Waals surface area contributed by atoms with E-state index in [2.05, 4.69) is 9.97 Å².